The number of amides is 1. The van der Waals surface area contributed by atoms with Crippen molar-refractivity contribution in [3.63, 3.8) is 0 Å². The summed E-state index contributed by atoms with van der Waals surface area (Å²) in [6, 6.07) is 14.1. The highest BCUT2D eigenvalue weighted by molar-refractivity contribution is 7.92. The van der Waals surface area contributed by atoms with Crippen molar-refractivity contribution in [3.8, 4) is 11.5 Å². The average molecular weight is 392 g/mol. The lowest BCUT2D eigenvalue weighted by molar-refractivity contribution is -0.121. The Morgan fingerprint density at radius 1 is 1.04 bits per heavy atom. The van der Waals surface area contributed by atoms with E-state index in [0.29, 0.717) is 23.7 Å². The van der Waals surface area contributed by atoms with E-state index in [-0.39, 0.29) is 18.9 Å². The fourth-order valence-electron chi connectivity index (χ4n) is 2.56. The van der Waals surface area contributed by atoms with Crippen LogP contribution in [0.4, 0.5) is 5.69 Å². The van der Waals surface area contributed by atoms with E-state index in [4.69, 9.17) is 9.47 Å². The lowest BCUT2D eigenvalue weighted by Crippen LogP contribution is -2.34. The number of hydrogen-bond acceptors (Lipinski definition) is 5. The molecule has 7 nitrogen and oxygen atoms in total. The molecule has 27 heavy (non-hydrogen) atoms. The van der Waals surface area contributed by atoms with E-state index in [9.17, 15) is 13.2 Å². The Morgan fingerprint density at radius 2 is 1.70 bits per heavy atom. The molecular weight excluding hydrogens is 368 g/mol. The fourth-order valence-corrected chi connectivity index (χ4v) is 3.49. The molecule has 0 aliphatic heterocycles. The number of methoxy groups -OCH3 is 2. The summed E-state index contributed by atoms with van der Waals surface area (Å²) in [5.41, 5.74) is 1.39. The third-order valence-corrected chi connectivity index (χ3v) is 5.12. The average Bonchev–Trinajstić information content (AvgIpc) is 2.66. The summed E-state index contributed by atoms with van der Waals surface area (Å²) in [5, 5.41) is 2.79. The van der Waals surface area contributed by atoms with Gasteiger partial charge >= 0.3 is 0 Å². The molecule has 0 bridgehead atoms. The SMILES string of the molecule is COc1ccc(CNC(=O)CCN(c2ccccc2)S(C)(=O)=O)cc1OC. The summed E-state index contributed by atoms with van der Waals surface area (Å²) >= 11 is 0. The normalized spacial score (nSPS) is 10.9. The van der Waals surface area contributed by atoms with Gasteiger partial charge in [-0.05, 0) is 29.8 Å². The summed E-state index contributed by atoms with van der Waals surface area (Å²) in [5.74, 6) is 0.949. The van der Waals surface area contributed by atoms with Crippen LogP contribution in [0.5, 0.6) is 11.5 Å². The van der Waals surface area contributed by atoms with Crippen LogP contribution in [0.2, 0.25) is 0 Å². The van der Waals surface area contributed by atoms with E-state index in [1.165, 1.54) is 4.31 Å². The Hall–Kier alpha value is -2.74. The van der Waals surface area contributed by atoms with Crippen LogP contribution in [0.25, 0.3) is 0 Å². The first-order valence-corrected chi connectivity index (χ1v) is 10.2. The number of ether oxygens (including phenoxy) is 2. The van der Waals surface area contributed by atoms with Crippen LogP contribution in [0.15, 0.2) is 48.5 Å². The molecule has 0 aliphatic carbocycles. The van der Waals surface area contributed by atoms with E-state index in [1.807, 2.05) is 6.07 Å². The highest BCUT2D eigenvalue weighted by Gasteiger charge is 2.18. The van der Waals surface area contributed by atoms with E-state index < -0.39 is 10.0 Å². The maximum Gasteiger partial charge on any atom is 0.232 e. The zero-order chi connectivity index (χ0) is 19.9. The Morgan fingerprint density at radius 3 is 2.30 bits per heavy atom. The Balaban J connectivity index is 1.95. The number of carbonyl (C=O) groups is 1. The predicted molar refractivity (Wildman–Crippen MR) is 105 cm³/mol. The van der Waals surface area contributed by atoms with Gasteiger partial charge in [0.15, 0.2) is 11.5 Å². The Kier molecular flexibility index (Phi) is 7.06. The lowest BCUT2D eigenvalue weighted by Gasteiger charge is -2.22. The minimum absolute atomic E-state index is 0.0508. The maximum absolute atomic E-state index is 12.2. The van der Waals surface area contributed by atoms with Crippen LogP contribution < -0.4 is 19.1 Å². The van der Waals surface area contributed by atoms with E-state index in [0.717, 1.165) is 11.8 Å². The lowest BCUT2D eigenvalue weighted by atomic mass is 10.2. The molecular formula is C19H24N2O5S. The molecule has 0 unspecified atom stereocenters. The number of benzene rings is 2. The van der Waals surface area contributed by atoms with Crippen LogP contribution in [-0.4, -0.2) is 41.3 Å². The summed E-state index contributed by atoms with van der Waals surface area (Å²) in [7, 11) is -0.374. The minimum Gasteiger partial charge on any atom is -0.493 e. The van der Waals surface area contributed by atoms with Crippen molar-refractivity contribution in [2.45, 2.75) is 13.0 Å². The van der Waals surface area contributed by atoms with Crippen molar-refractivity contribution in [2.24, 2.45) is 0 Å². The van der Waals surface area contributed by atoms with Crippen molar-refractivity contribution >= 4 is 21.6 Å². The molecule has 8 heteroatoms. The largest absolute Gasteiger partial charge is 0.493 e. The summed E-state index contributed by atoms with van der Waals surface area (Å²) < 4.78 is 35.7. The molecule has 2 rings (SSSR count). The quantitative estimate of drug-likeness (QED) is 0.707. The summed E-state index contributed by atoms with van der Waals surface area (Å²) in [4.78, 5) is 12.2. The molecule has 1 amide bonds. The fraction of sp³-hybridized carbons (Fsp3) is 0.316. The summed E-state index contributed by atoms with van der Waals surface area (Å²) in [6.07, 6.45) is 1.18. The third-order valence-electron chi connectivity index (χ3n) is 3.92. The monoisotopic (exact) mass is 392 g/mol. The van der Waals surface area contributed by atoms with Crippen LogP contribution in [0.3, 0.4) is 0 Å². The van der Waals surface area contributed by atoms with Crippen molar-refractivity contribution in [1.29, 1.82) is 0 Å². The van der Waals surface area contributed by atoms with Crippen LogP contribution in [0, 0.1) is 0 Å². The van der Waals surface area contributed by atoms with Crippen molar-refractivity contribution in [3.05, 3.63) is 54.1 Å². The van der Waals surface area contributed by atoms with Gasteiger partial charge in [-0.25, -0.2) is 8.42 Å². The molecule has 146 valence electrons. The molecule has 1 N–H and O–H groups in total. The van der Waals surface area contributed by atoms with Gasteiger partial charge in [-0.3, -0.25) is 9.10 Å². The number of para-hydroxylation sites is 1. The zero-order valence-corrected chi connectivity index (χ0v) is 16.5. The zero-order valence-electron chi connectivity index (χ0n) is 15.6. The second-order valence-electron chi connectivity index (χ2n) is 5.89. The maximum atomic E-state index is 12.2. The van der Waals surface area contributed by atoms with E-state index >= 15 is 0 Å². The Labute approximate surface area is 160 Å². The van der Waals surface area contributed by atoms with Gasteiger partial charge in [0.25, 0.3) is 0 Å². The molecule has 0 heterocycles. The van der Waals surface area contributed by atoms with Crippen LogP contribution >= 0.6 is 0 Å². The number of nitrogens with zero attached hydrogens (tertiary/aromatic N) is 1. The van der Waals surface area contributed by atoms with E-state index in [2.05, 4.69) is 5.32 Å². The summed E-state index contributed by atoms with van der Waals surface area (Å²) in [6.45, 7) is 0.379. The molecule has 2 aromatic rings. The van der Waals surface area contributed by atoms with Gasteiger partial charge in [-0.15, -0.1) is 0 Å². The second-order valence-corrected chi connectivity index (χ2v) is 7.79. The van der Waals surface area contributed by atoms with Crippen molar-refractivity contribution in [1.82, 2.24) is 5.32 Å². The standard InChI is InChI=1S/C19H24N2O5S/c1-25-17-10-9-15(13-18(17)26-2)14-20-19(22)11-12-21(27(3,23)24)16-7-5-4-6-8-16/h4-10,13H,11-12,14H2,1-3H3,(H,20,22). The topological polar surface area (TPSA) is 84.9 Å². The number of sulfonamides is 1. The first-order valence-electron chi connectivity index (χ1n) is 8.35. The molecule has 0 aliphatic rings. The van der Waals surface area contributed by atoms with Gasteiger partial charge in [0.05, 0.1) is 26.2 Å². The van der Waals surface area contributed by atoms with Crippen LogP contribution in [0.1, 0.15) is 12.0 Å². The highest BCUT2D eigenvalue weighted by atomic mass is 32.2. The number of anilines is 1. The van der Waals surface area contributed by atoms with Gasteiger partial charge in [0.2, 0.25) is 15.9 Å². The van der Waals surface area contributed by atoms with Crippen molar-refractivity contribution in [2.75, 3.05) is 31.3 Å². The molecule has 0 fully saturated rings. The number of rotatable bonds is 9. The first-order chi connectivity index (χ1) is 12.8. The number of nitrogens with one attached hydrogen (secondary N) is 1. The molecule has 0 radical (unpaired) electrons. The van der Waals surface area contributed by atoms with Crippen LogP contribution in [-0.2, 0) is 21.4 Å². The van der Waals surface area contributed by atoms with Crippen molar-refractivity contribution < 1.29 is 22.7 Å². The third kappa shape index (κ3) is 5.89. The van der Waals surface area contributed by atoms with Gasteiger partial charge in [-0.2, -0.15) is 0 Å². The smallest absolute Gasteiger partial charge is 0.232 e. The van der Waals surface area contributed by atoms with Gasteiger partial charge in [0.1, 0.15) is 0 Å². The molecule has 0 saturated carbocycles. The molecule has 0 atom stereocenters. The van der Waals surface area contributed by atoms with Gasteiger partial charge < -0.3 is 14.8 Å². The molecule has 0 spiro atoms. The molecule has 0 saturated heterocycles. The van der Waals surface area contributed by atoms with E-state index in [1.54, 1.807) is 56.7 Å². The predicted octanol–water partition coefficient (Wildman–Crippen LogP) is 2.18. The minimum atomic E-state index is -3.47. The molecule has 2 aromatic carbocycles. The Bertz CT molecular complexity index is 869. The first kappa shape index (κ1) is 20.6. The number of hydrogen-bond donors (Lipinski definition) is 1. The van der Waals surface area contributed by atoms with Gasteiger partial charge in [-0.1, -0.05) is 24.3 Å². The molecule has 0 aromatic heterocycles. The second kappa shape index (κ2) is 9.27. The highest BCUT2D eigenvalue weighted by Crippen LogP contribution is 2.27. The van der Waals surface area contributed by atoms with Gasteiger partial charge in [0, 0.05) is 19.5 Å². The number of carbonyl (C=O) groups excluding carboxylic acids is 1.